The molecule has 0 spiro atoms. The number of hydrogen-bond acceptors (Lipinski definition) is 1. The van der Waals surface area contributed by atoms with Gasteiger partial charge in [0.2, 0.25) is 0 Å². The Bertz CT molecular complexity index is 446. The van der Waals surface area contributed by atoms with Crippen LogP contribution in [0.4, 0.5) is 4.53 Å². The van der Waals surface area contributed by atoms with Crippen molar-refractivity contribution in [1.29, 1.82) is 0 Å². The molecule has 0 unspecified atom stereocenters. The molecule has 0 saturated heterocycles. The van der Waals surface area contributed by atoms with Crippen LogP contribution < -0.4 is 4.94 Å². The van der Waals surface area contributed by atoms with Gasteiger partial charge in [0.15, 0.2) is 5.75 Å². The second-order valence-corrected chi connectivity index (χ2v) is 6.23. The summed E-state index contributed by atoms with van der Waals surface area (Å²) < 4.78 is 12.8. The standard InChI is InChI=1S/C15H20ClFO/c1-9(2)15(10(3)4)8-7-11-12(16)5-6-13(18-17)14(11)15/h5-6,9-10H,7-8H2,1-4H3. The Morgan fingerprint density at radius 1 is 1.22 bits per heavy atom. The zero-order valence-electron chi connectivity index (χ0n) is 11.4. The van der Waals surface area contributed by atoms with E-state index in [1.54, 1.807) is 12.1 Å². The van der Waals surface area contributed by atoms with Crippen LogP contribution in [0, 0.1) is 11.8 Å². The van der Waals surface area contributed by atoms with Gasteiger partial charge in [-0.05, 0) is 42.4 Å². The highest BCUT2D eigenvalue weighted by Crippen LogP contribution is 2.54. The summed E-state index contributed by atoms with van der Waals surface area (Å²) >= 11 is 6.26. The summed E-state index contributed by atoms with van der Waals surface area (Å²) in [6, 6.07) is 3.37. The molecule has 0 N–H and O–H groups in total. The number of rotatable bonds is 3. The van der Waals surface area contributed by atoms with Gasteiger partial charge in [-0.15, -0.1) is 0 Å². The van der Waals surface area contributed by atoms with Gasteiger partial charge in [0.1, 0.15) is 0 Å². The molecule has 0 bridgehead atoms. The Hall–Kier alpha value is -0.760. The van der Waals surface area contributed by atoms with E-state index in [4.69, 9.17) is 11.6 Å². The summed E-state index contributed by atoms with van der Waals surface area (Å²) in [5.74, 6) is 1.19. The molecule has 0 fully saturated rings. The van der Waals surface area contributed by atoms with E-state index in [1.165, 1.54) is 0 Å². The minimum absolute atomic E-state index is 0.0400. The summed E-state index contributed by atoms with van der Waals surface area (Å²) in [5, 5.41) is 0.731. The average molecular weight is 271 g/mol. The maximum absolute atomic E-state index is 12.8. The van der Waals surface area contributed by atoms with E-state index in [0.717, 1.165) is 29.0 Å². The third kappa shape index (κ3) is 1.73. The molecule has 100 valence electrons. The highest BCUT2D eigenvalue weighted by Gasteiger charge is 2.46. The van der Waals surface area contributed by atoms with E-state index < -0.39 is 0 Å². The summed E-state index contributed by atoms with van der Waals surface area (Å²) in [4.78, 5) is 4.11. The smallest absolute Gasteiger partial charge is 0.176 e. The zero-order chi connectivity index (χ0) is 13.5. The van der Waals surface area contributed by atoms with Gasteiger partial charge in [0.05, 0.1) is 0 Å². The first-order valence-electron chi connectivity index (χ1n) is 6.55. The van der Waals surface area contributed by atoms with Crippen LogP contribution in [0.1, 0.15) is 45.2 Å². The van der Waals surface area contributed by atoms with Gasteiger partial charge in [-0.3, -0.25) is 4.94 Å². The molecule has 1 nitrogen and oxygen atoms in total. The van der Waals surface area contributed by atoms with E-state index in [1.807, 2.05) is 0 Å². The summed E-state index contributed by atoms with van der Waals surface area (Å²) in [5.41, 5.74) is 2.01. The third-order valence-electron chi connectivity index (χ3n) is 4.62. The van der Waals surface area contributed by atoms with Crippen molar-refractivity contribution in [3.8, 4) is 5.75 Å². The van der Waals surface area contributed by atoms with Crippen LogP contribution in [0.15, 0.2) is 12.1 Å². The Morgan fingerprint density at radius 2 is 1.83 bits per heavy atom. The fourth-order valence-corrected chi connectivity index (χ4v) is 3.95. The molecule has 0 atom stereocenters. The number of fused-ring (bicyclic) bond motifs is 1. The Labute approximate surface area is 113 Å². The maximum atomic E-state index is 12.8. The zero-order valence-corrected chi connectivity index (χ0v) is 12.1. The molecular formula is C15H20ClFO. The summed E-state index contributed by atoms with van der Waals surface area (Å²) in [6.45, 7) is 8.77. The molecule has 0 aromatic heterocycles. The highest BCUT2D eigenvalue weighted by atomic mass is 35.5. The van der Waals surface area contributed by atoms with E-state index >= 15 is 0 Å². The normalized spacial score (nSPS) is 17.3. The molecule has 1 aliphatic rings. The first-order chi connectivity index (χ1) is 8.45. The predicted molar refractivity (Wildman–Crippen MR) is 72.9 cm³/mol. The van der Waals surface area contributed by atoms with Crippen LogP contribution in [0.2, 0.25) is 5.02 Å². The second kappa shape index (κ2) is 4.73. The summed E-state index contributed by atoms with van der Waals surface area (Å²) in [6.07, 6.45) is 1.92. The fourth-order valence-electron chi connectivity index (χ4n) is 3.70. The number of hydrogen-bond donors (Lipinski definition) is 0. The molecule has 0 saturated carbocycles. The lowest BCUT2D eigenvalue weighted by atomic mass is 9.65. The van der Waals surface area contributed by atoms with Crippen LogP contribution >= 0.6 is 11.6 Å². The van der Waals surface area contributed by atoms with Gasteiger partial charge in [-0.2, -0.15) is 0 Å². The van der Waals surface area contributed by atoms with E-state index in [-0.39, 0.29) is 5.41 Å². The Morgan fingerprint density at radius 3 is 2.33 bits per heavy atom. The highest BCUT2D eigenvalue weighted by molar-refractivity contribution is 6.31. The SMILES string of the molecule is CC(C)C1(C(C)C)CCc2c(Cl)ccc(OF)c21. The lowest BCUT2D eigenvalue weighted by Gasteiger charge is -2.39. The third-order valence-corrected chi connectivity index (χ3v) is 4.97. The van der Waals surface area contributed by atoms with Crippen molar-refractivity contribution in [2.75, 3.05) is 0 Å². The molecule has 1 aromatic carbocycles. The van der Waals surface area contributed by atoms with Crippen molar-refractivity contribution >= 4 is 11.6 Å². The quantitative estimate of drug-likeness (QED) is 0.742. The lowest BCUT2D eigenvalue weighted by molar-refractivity contribution is -0.00987. The van der Waals surface area contributed by atoms with Gasteiger partial charge in [-0.25, -0.2) is 0 Å². The van der Waals surface area contributed by atoms with Crippen LogP contribution in [0.3, 0.4) is 0 Å². The van der Waals surface area contributed by atoms with Crippen LogP contribution in [-0.4, -0.2) is 0 Å². The lowest BCUT2D eigenvalue weighted by Crippen LogP contribution is -2.35. The number of benzene rings is 1. The first kappa shape index (κ1) is 13.7. The van der Waals surface area contributed by atoms with E-state index in [2.05, 4.69) is 32.6 Å². The maximum Gasteiger partial charge on any atom is 0.176 e. The fraction of sp³-hybridized carbons (Fsp3) is 0.600. The van der Waals surface area contributed by atoms with Crippen molar-refractivity contribution < 1.29 is 9.47 Å². The van der Waals surface area contributed by atoms with Gasteiger partial charge < -0.3 is 0 Å². The van der Waals surface area contributed by atoms with E-state index in [9.17, 15) is 4.53 Å². The van der Waals surface area contributed by atoms with Gasteiger partial charge in [-0.1, -0.05) is 39.3 Å². The van der Waals surface area contributed by atoms with Crippen molar-refractivity contribution in [3.63, 3.8) is 0 Å². The Kier molecular flexibility index (Phi) is 3.59. The molecule has 0 heterocycles. The van der Waals surface area contributed by atoms with Crippen LogP contribution in [-0.2, 0) is 11.8 Å². The van der Waals surface area contributed by atoms with Crippen molar-refractivity contribution in [1.82, 2.24) is 0 Å². The molecule has 0 radical (unpaired) electrons. The molecule has 1 aromatic rings. The predicted octanol–water partition coefficient (Wildman–Crippen LogP) is 5.10. The molecule has 3 heteroatoms. The largest absolute Gasteiger partial charge is 0.294 e. The number of halogens is 2. The van der Waals surface area contributed by atoms with Gasteiger partial charge >= 0.3 is 0 Å². The van der Waals surface area contributed by atoms with Crippen LogP contribution in [0.25, 0.3) is 0 Å². The van der Waals surface area contributed by atoms with Gasteiger partial charge in [0, 0.05) is 20.5 Å². The Balaban J connectivity index is 2.71. The first-order valence-corrected chi connectivity index (χ1v) is 6.93. The molecule has 0 amide bonds. The molecular weight excluding hydrogens is 251 g/mol. The molecule has 1 aliphatic carbocycles. The van der Waals surface area contributed by atoms with Crippen molar-refractivity contribution in [2.24, 2.45) is 11.8 Å². The van der Waals surface area contributed by atoms with Crippen molar-refractivity contribution in [2.45, 2.75) is 46.0 Å². The molecule has 2 rings (SSSR count). The minimum atomic E-state index is -0.0400. The molecule has 18 heavy (non-hydrogen) atoms. The minimum Gasteiger partial charge on any atom is -0.294 e. The van der Waals surface area contributed by atoms with Crippen molar-refractivity contribution in [3.05, 3.63) is 28.3 Å². The molecule has 0 aliphatic heterocycles. The average Bonchev–Trinajstić information content (AvgIpc) is 2.72. The summed E-state index contributed by atoms with van der Waals surface area (Å²) in [7, 11) is 0. The van der Waals surface area contributed by atoms with E-state index in [0.29, 0.717) is 17.6 Å². The topological polar surface area (TPSA) is 9.23 Å². The second-order valence-electron chi connectivity index (χ2n) is 5.83. The monoisotopic (exact) mass is 270 g/mol. The van der Waals surface area contributed by atoms with Crippen LogP contribution in [0.5, 0.6) is 5.75 Å². The van der Waals surface area contributed by atoms with Gasteiger partial charge in [0.25, 0.3) is 0 Å².